The topological polar surface area (TPSA) is 70.2 Å². The highest BCUT2D eigenvalue weighted by atomic mass is 32.1. The molecule has 1 aromatic rings. The molecule has 0 spiro atoms. The Bertz CT molecular complexity index is 580. The van der Waals surface area contributed by atoms with Crippen molar-refractivity contribution in [2.75, 3.05) is 11.9 Å². The number of hydrogen-bond acceptors (Lipinski definition) is 3. The lowest BCUT2D eigenvalue weighted by atomic mass is 9.89. The van der Waals surface area contributed by atoms with Gasteiger partial charge in [-0.1, -0.05) is 26.2 Å². The fourth-order valence-electron chi connectivity index (χ4n) is 2.79. The van der Waals surface area contributed by atoms with Gasteiger partial charge in [0, 0.05) is 23.7 Å². The number of carbonyl (C=O) groups excluding carboxylic acids is 2. The van der Waals surface area contributed by atoms with Crippen molar-refractivity contribution in [3.8, 4) is 0 Å². The lowest BCUT2D eigenvalue weighted by molar-refractivity contribution is -0.124. The van der Waals surface area contributed by atoms with Gasteiger partial charge in [-0.2, -0.15) is 0 Å². The Balaban J connectivity index is 1.83. The van der Waals surface area contributed by atoms with Crippen molar-refractivity contribution in [2.24, 2.45) is 5.92 Å². The van der Waals surface area contributed by atoms with Gasteiger partial charge >= 0.3 is 0 Å². The number of rotatable bonds is 5. The van der Waals surface area contributed by atoms with Gasteiger partial charge in [0.15, 0.2) is 5.11 Å². The summed E-state index contributed by atoms with van der Waals surface area (Å²) in [5.41, 5.74) is 1.35. The molecule has 0 bridgehead atoms. The van der Waals surface area contributed by atoms with E-state index in [0.29, 0.717) is 17.2 Å². The van der Waals surface area contributed by atoms with Crippen molar-refractivity contribution in [2.45, 2.75) is 45.4 Å². The highest BCUT2D eigenvalue weighted by Crippen LogP contribution is 2.23. The molecule has 2 amide bonds. The van der Waals surface area contributed by atoms with Gasteiger partial charge in [0.2, 0.25) is 5.91 Å². The van der Waals surface area contributed by atoms with Gasteiger partial charge in [0.1, 0.15) is 0 Å². The van der Waals surface area contributed by atoms with Crippen molar-refractivity contribution in [3.05, 3.63) is 29.8 Å². The molecule has 1 fully saturated rings. The average molecular weight is 347 g/mol. The third kappa shape index (κ3) is 5.60. The minimum atomic E-state index is -0.0865. The number of thiocarbonyl (C=S) groups is 1. The Kier molecular flexibility index (Phi) is 7.18. The third-order valence-electron chi connectivity index (χ3n) is 4.15. The Hall–Kier alpha value is -1.95. The first-order valence-electron chi connectivity index (χ1n) is 8.60. The average Bonchev–Trinajstić information content (AvgIpc) is 2.61. The molecule has 2 rings (SSSR count). The summed E-state index contributed by atoms with van der Waals surface area (Å²) in [5.74, 6) is -0.0116. The van der Waals surface area contributed by atoms with E-state index >= 15 is 0 Å². The summed E-state index contributed by atoms with van der Waals surface area (Å²) in [6.45, 7) is 2.67. The Morgan fingerprint density at radius 3 is 2.42 bits per heavy atom. The van der Waals surface area contributed by atoms with Gasteiger partial charge in [0.05, 0.1) is 0 Å². The first-order chi connectivity index (χ1) is 11.6. The molecule has 0 atom stereocenters. The fraction of sp³-hybridized carbons (Fsp3) is 0.500. The van der Waals surface area contributed by atoms with Crippen molar-refractivity contribution in [1.29, 1.82) is 0 Å². The summed E-state index contributed by atoms with van der Waals surface area (Å²) in [6.07, 6.45) is 6.22. The van der Waals surface area contributed by atoms with Crippen LogP contribution in [0.4, 0.5) is 5.69 Å². The number of anilines is 1. The predicted molar refractivity (Wildman–Crippen MR) is 100 cm³/mol. The molecule has 0 saturated heterocycles. The van der Waals surface area contributed by atoms with Crippen LogP contribution in [0, 0.1) is 5.92 Å². The highest BCUT2D eigenvalue weighted by Gasteiger charge is 2.21. The molecule has 1 aliphatic carbocycles. The molecule has 0 unspecified atom stereocenters. The van der Waals surface area contributed by atoms with E-state index < -0.39 is 0 Å². The summed E-state index contributed by atoms with van der Waals surface area (Å²) in [7, 11) is 0. The van der Waals surface area contributed by atoms with E-state index in [0.717, 1.165) is 37.8 Å². The largest absolute Gasteiger partial charge is 0.352 e. The maximum atomic E-state index is 12.2. The summed E-state index contributed by atoms with van der Waals surface area (Å²) in [6, 6.07) is 7.03. The lowest BCUT2D eigenvalue weighted by Gasteiger charge is -2.21. The smallest absolute Gasteiger partial charge is 0.251 e. The third-order valence-corrected chi connectivity index (χ3v) is 4.36. The lowest BCUT2D eigenvalue weighted by Crippen LogP contribution is -2.39. The van der Waals surface area contributed by atoms with Gasteiger partial charge in [-0.25, -0.2) is 0 Å². The number of nitrogens with one attached hydrogen (secondary N) is 3. The van der Waals surface area contributed by atoms with Crippen molar-refractivity contribution in [3.63, 3.8) is 0 Å². The van der Waals surface area contributed by atoms with Crippen molar-refractivity contribution < 1.29 is 9.59 Å². The first-order valence-corrected chi connectivity index (χ1v) is 9.01. The second-order valence-corrected chi connectivity index (χ2v) is 6.52. The number of benzene rings is 1. The molecule has 5 nitrogen and oxygen atoms in total. The van der Waals surface area contributed by atoms with Crippen LogP contribution in [0.25, 0.3) is 0 Å². The predicted octanol–water partition coefficient (Wildman–Crippen LogP) is 3.22. The molecule has 1 saturated carbocycles. The van der Waals surface area contributed by atoms with Gasteiger partial charge in [0.25, 0.3) is 5.91 Å². The van der Waals surface area contributed by atoms with Crippen LogP contribution in [0.3, 0.4) is 0 Å². The molecule has 1 aromatic carbocycles. The van der Waals surface area contributed by atoms with Crippen LogP contribution in [0.15, 0.2) is 24.3 Å². The molecule has 3 N–H and O–H groups in total. The molecule has 0 heterocycles. The van der Waals surface area contributed by atoms with Gasteiger partial charge in [-0.05, 0) is 55.7 Å². The highest BCUT2D eigenvalue weighted by molar-refractivity contribution is 7.80. The second-order valence-electron chi connectivity index (χ2n) is 6.11. The van der Waals surface area contributed by atoms with E-state index in [1.807, 2.05) is 6.92 Å². The second kappa shape index (κ2) is 9.37. The maximum absolute atomic E-state index is 12.2. The van der Waals surface area contributed by atoms with Crippen LogP contribution >= 0.6 is 12.2 Å². The maximum Gasteiger partial charge on any atom is 0.251 e. The Labute approximate surface area is 148 Å². The zero-order chi connectivity index (χ0) is 17.4. The number of carbonyl (C=O) groups is 2. The SMILES string of the molecule is CCCNC(=O)c1ccc(NC(=S)NC(=O)C2CCCCC2)cc1. The molecule has 130 valence electrons. The van der Waals surface area contributed by atoms with Crippen LogP contribution < -0.4 is 16.0 Å². The molecule has 6 heteroatoms. The first kappa shape index (κ1) is 18.4. The molecule has 1 aliphatic rings. The molecular weight excluding hydrogens is 322 g/mol. The van der Waals surface area contributed by atoms with E-state index in [-0.39, 0.29) is 17.7 Å². The standard InChI is InChI=1S/C18H25N3O2S/c1-2-12-19-16(22)14-8-10-15(11-9-14)20-18(24)21-17(23)13-6-4-3-5-7-13/h8-11,13H,2-7,12H2,1H3,(H,19,22)(H2,20,21,23,24). The normalized spacial score (nSPS) is 14.7. The van der Waals surface area contributed by atoms with Crippen LogP contribution in [0.1, 0.15) is 55.8 Å². The van der Waals surface area contributed by atoms with Gasteiger partial charge < -0.3 is 16.0 Å². The zero-order valence-corrected chi connectivity index (χ0v) is 14.9. The summed E-state index contributed by atoms with van der Waals surface area (Å²) >= 11 is 5.20. The monoisotopic (exact) mass is 347 g/mol. The summed E-state index contributed by atoms with van der Waals surface area (Å²) in [5, 5.41) is 8.88. The fourth-order valence-corrected chi connectivity index (χ4v) is 3.01. The molecule has 0 aliphatic heterocycles. The van der Waals surface area contributed by atoms with E-state index in [9.17, 15) is 9.59 Å². The Morgan fingerprint density at radius 2 is 1.79 bits per heavy atom. The van der Waals surface area contributed by atoms with Crippen LogP contribution in [-0.2, 0) is 4.79 Å². The van der Waals surface area contributed by atoms with E-state index in [1.54, 1.807) is 24.3 Å². The molecule has 24 heavy (non-hydrogen) atoms. The van der Waals surface area contributed by atoms with Crippen LogP contribution in [0.2, 0.25) is 0 Å². The summed E-state index contributed by atoms with van der Waals surface area (Å²) < 4.78 is 0. The van der Waals surface area contributed by atoms with Crippen LogP contribution in [0.5, 0.6) is 0 Å². The minimum Gasteiger partial charge on any atom is -0.352 e. The van der Waals surface area contributed by atoms with Gasteiger partial charge in [-0.15, -0.1) is 0 Å². The van der Waals surface area contributed by atoms with E-state index in [1.165, 1.54) is 6.42 Å². The van der Waals surface area contributed by atoms with E-state index in [4.69, 9.17) is 12.2 Å². The molecule has 0 aromatic heterocycles. The molecular formula is C18H25N3O2S. The number of amides is 2. The molecule has 0 radical (unpaired) electrons. The zero-order valence-electron chi connectivity index (χ0n) is 14.1. The number of hydrogen-bond donors (Lipinski definition) is 3. The van der Waals surface area contributed by atoms with Crippen LogP contribution in [-0.4, -0.2) is 23.5 Å². The van der Waals surface area contributed by atoms with Crippen molar-refractivity contribution in [1.82, 2.24) is 10.6 Å². The quantitative estimate of drug-likeness (QED) is 0.715. The Morgan fingerprint density at radius 1 is 1.12 bits per heavy atom. The minimum absolute atomic E-state index is 0.00256. The van der Waals surface area contributed by atoms with Crippen molar-refractivity contribution >= 4 is 34.8 Å². The summed E-state index contributed by atoms with van der Waals surface area (Å²) in [4.78, 5) is 24.0. The van der Waals surface area contributed by atoms with Gasteiger partial charge in [-0.3, -0.25) is 9.59 Å². The van der Waals surface area contributed by atoms with E-state index in [2.05, 4.69) is 16.0 Å².